The summed E-state index contributed by atoms with van der Waals surface area (Å²) in [5.74, 6) is 0.0517. The molecule has 0 saturated carbocycles. The Balaban J connectivity index is 1.95. The third-order valence-electron chi connectivity index (χ3n) is 4.30. The molecule has 1 aromatic rings. The SMILES string of the molecule is Nc1cc2c(cc1N1CCCCC1CO)CCC(=O)N2. The molecule has 108 valence electrons. The van der Waals surface area contributed by atoms with Crippen LogP contribution in [0.15, 0.2) is 12.1 Å². The van der Waals surface area contributed by atoms with E-state index in [1.807, 2.05) is 6.07 Å². The van der Waals surface area contributed by atoms with Crippen LogP contribution in [0, 0.1) is 0 Å². The second kappa shape index (κ2) is 5.32. The summed E-state index contributed by atoms with van der Waals surface area (Å²) in [6.45, 7) is 1.09. The highest BCUT2D eigenvalue weighted by molar-refractivity contribution is 5.95. The highest BCUT2D eigenvalue weighted by atomic mass is 16.3. The number of hydrogen-bond donors (Lipinski definition) is 3. The maximum absolute atomic E-state index is 11.4. The number of nitrogen functional groups attached to an aromatic ring is 1. The Morgan fingerprint density at radius 3 is 3.00 bits per heavy atom. The van der Waals surface area contributed by atoms with Crippen molar-refractivity contribution in [2.75, 3.05) is 29.1 Å². The molecule has 4 N–H and O–H groups in total. The number of carbonyl (C=O) groups is 1. The first-order valence-electron chi connectivity index (χ1n) is 7.29. The van der Waals surface area contributed by atoms with Gasteiger partial charge in [-0.15, -0.1) is 0 Å². The van der Waals surface area contributed by atoms with Gasteiger partial charge in [-0.05, 0) is 43.4 Å². The number of amides is 1. The molecule has 5 heteroatoms. The van der Waals surface area contributed by atoms with Gasteiger partial charge in [-0.3, -0.25) is 4.79 Å². The fraction of sp³-hybridized carbons (Fsp3) is 0.533. The van der Waals surface area contributed by atoms with Gasteiger partial charge < -0.3 is 21.1 Å². The van der Waals surface area contributed by atoms with E-state index in [0.29, 0.717) is 12.1 Å². The van der Waals surface area contributed by atoms with Gasteiger partial charge in [-0.25, -0.2) is 0 Å². The molecule has 1 aromatic carbocycles. The van der Waals surface area contributed by atoms with Crippen molar-refractivity contribution in [2.45, 2.75) is 38.1 Å². The van der Waals surface area contributed by atoms with Gasteiger partial charge in [0.25, 0.3) is 0 Å². The van der Waals surface area contributed by atoms with Gasteiger partial charge in [0.15, 0.2) is 0 Å². The molecule has 1 amide bonds. The van der Waals surface area contributed by atoms with Crippen LogP contribution in [0.3, 0.4) is 0 Å². The van der Waals surface area contributed by atoms with Crippen LogP contribution in [0.25, 0.3) is 0 Å². The molecule has 2 aliphatic heterocycles. The maximum Gasteiger partial charge on any atom is 0.224 e. The number of carbonyl (C=O) groups excluding carboxylic acids is 1. The van der Waals surface area contributed by atoms with Crippen molar-refractivity contribution in [3.8, 4) is 0 Å². The van der Waals surface area contributed by atoms with E-state index in [-0.39, 0.29) is 18.6 Å². The van der Waals surface area contributed by atoms with Crippen LogP contribution in [-0.4, -0.2) is 30.2 Å². The predicted molar refractivity (Wildman–Crippen MR) is 79.9 cm³/mol. The van der Waals surface area contributed by atoms with Crippen molar-refractivity contribution < 1.29 is 9.90 Å². The molecule has 0 spiro atoms. The van der Waals surface area contributed by atoms with E-state index >= 15 is 0 Å². The number of nitrogens with two attached hydrogens (primary N) is 1. The minimum Gasteiger partial charge on any atom is -0.397 e. The zero-order chi connectivity index (χ0) is 14.1. The van der Waals surface area contributed by atoms with Crippen molar-refractivity contribution in [2.24, 2.45) is 0 Å². The molecule has 2 aliphatic rings. The van der Waals surface area contributed by atoms with Crippen LogP contribution in [0.5, 0.6) is 0 Å². The molecule has 0 aliphatic carbocycles. The van der Waals surface area contributed by atoms with Crippen LogP contribution < -0.4 is 16.0 Å². The Morgan fingerprint density at radius 1 is 1.35 bits per heavy atom. The van der Waals surface area contributed by atoms with Crippen LogP contribution in [0.1, 0.15) is 31.2 Å². The summed E-state index contributed by atoms with van der Waals surface area (Å²) in [6, 6.07) is 4.09. The molecule has 1 fully saturated rings. The zero-order valence-corrected chi connectivity index (χ0v) is 11.6. The number of nitrogens with one attached hydrogen (secondary N) is 1. The first-order valence-corrected chi connectivity index (χ1v) is 7.29. The van der Waals surface area contributed by atoms with Crippen LogP contribution in [0.4, 0.5) is 17.1 Å². The topological polar surface area (TPSA) is 78.6 Å². The Kier molecular flexibility index (Phi) is 3.53. The lowest BCUT2D eigenvalue weighted by Gasteiger charge is -2.38. The van der Waals surface area contributed by atoms with E-state index < -0.39 is 0 Å². The van der Waals surface area contributed by atoms with Gasteiger partial charge in [-0.2, -0.15) is 0 Å². The minimum absolute atomic E-state index is 0.0517. The smallest absolute Gasteiger partial charge is 0.224 e. The van der Waals surface area contributed by atoms with Gasteiger partial charge in [0, 0.05) is 18.7 Å². The number of nitrogens with zero attached hydrogens (tertiary/aromatic N) is 1. The number of fused-ring (bicyclic) bond motifs is 1. The quantitative estimate of drug-likeness (QED) is 0.715. The number of aliphatic hydroxyl groups is 1. The van der Waals surface area contributed by atoms with Crippen LogP contribution >= 0.6 is 0 Å². The number of hydrogen-bond acceptors (Lipinski definition) is 4. The summed E-state index contributed by atoms with van der Waals surface area (Å²) in [4.78, 5) is 13.6. The fourth-order valence-corrected chi connectivity index (χ4v) is 3.19. The first-order chi connectivity index (χ1) is 9.69. The lowest BCUT2D eigenvalue weighted by Crippen LogP contribution is -2.42. The number of rotatable bonds is 2. The molecule has 3 rings (SSSR count). The third-order valence-corrected chi connectivity index (χ3v) is 4.30. The highest BCUT2D eigenvalue weighted by Gasteiger charge is 2.25. The normalized spacial score (nSPS) is 22.4. The van der Waals surface area contributed by atoms with Crippen molar-refractivity contribution in [3.63, 3.8) is 0 Å². The largest absolute Gasteiger partial charge is 0.397 e. The number of benzene rings is 1. The number of aryl methyl sites for hydroxylation is 1. The predicted octanol–water partition coefficient (Wildman–Crippen LogP) is 1.50. The minimum atomic E-state index is 0.0517. The molecular formula is C15H21N3O2. The van der Waals surface area contributed by atoms with Gasteiger partial charge in [-0.1, -0.05) is 0 Å². The summed E-state index contributed by atoms with van der Waals surface area (Å²) in [7, 11) is 0. The Hall–Kier alpha value is -1.75. The molecule has 1 unspecified atom stereocenters. The van der Waals surface area contributed by atoms with Gasteiger partial charge in [0.1, 0.15) is 0 Å². The lowest BCUT2D eigenvalue weighted by molar-refractivity contribution is -0.116. The first kappa shape index (κ1) is 13.2. The van der Waals surface area contributed by atoms with Gasteiger partial charge in [0.2, 0.25) is 5.91 Å². The van der Waals surface area contributed by atoms with Crippen molar-refractivity contribution in [1.29, 1.82) is 0 Å². The van der Waals surface area contributed by atoms with E-state index in [9.17, 15) is 9.90 Å². The summed E-state index contributed by atoms with van der Waals surface area (Å²) < 4.78 is 0. The van der Waals surface area contributed by atoms with Crippen molar-refractivity contribution in [1.82, 2.24) is 0 Å². The average molecular weight is 275 g/mol. The maximum atomic E-state index is 11.4. The molecule has 1 saturated heterocycles. The standard InChI is InChI=1S/C15H21N3O2/c16-12-8-13-10(4-5-15(20)17-13)7-14(12)18-6-2-1-3-11(18)9-19/h7-8,11,19H,1-6,9,16H2,(H,17,20). The second-order valence-corrected chi connectivity index (χ2v) is 5.64. The van der Waals surface area contributed by atoms with E-state index in [1.54, 1.807) is 0 Å². The van der Waals surface area contributed by atoms with E-state index in [1.165, 1.54) is 0 Å². The molecule has 0 bridgehead atoms. The molecule has 2 heterocycles. The Bertz CT molecular complexity index is 530. The van der Waals surface area contributed by atoms with Crippen LogP contribution in [0.2, 0.25) is 0 Å². The monoisotopic (exact) mass is 275 g/mol. The third kappa shape index (κ3) is 2.33. The van der Waals surface area contributed by atoms with E-state index in [4.69, 9.17) is 5.73 Å². The van der Waals surface area contributed by atoms with Gasteiger partial charge >= 0.3 is 0 Å². The van der Waals surface area contributed by atoms with Gasteiger partial charge in [0.05, 0.1) is 24.0 Å². The molecule has 0 radical (unpaired) electrons. The fourth-order valence-electron chi connectivity index (χ4n) is 3.19. The van der Waals surface area contributed by atoms with Crippen molar-refractivity contribution >= 4 is 23.0 Å². The Labute approximate surface area is 118 Å². The molecule has 1 atom stereocenters. The number of aliphatic hydroxyl groups excluding tert-OH is 1. The number of anilines is 3. The van der Waals surface area contributed by atoms with E-state index in [0.717, 1.165) is 49.2 Å². The molecule has 0 aromatic heterocycles. The van der Waals surface area contributed by atoms with E-state index in [2.05, 4.69) is 16.3 Å². The summed E-state index contributed by atoms with van der Waals surface area (Å²) in [6.07, 6.45) is 4.57. The highest BCUT2D eigenvalue weighted by Crippen LogP contribution is 2.35. The summed E-state index contributed by atoms with van der Waals surface area (Å²) >= 11 is 0. The molecule has 20 heavy (non-hydrogen) atoms. The summed E-state index contributed by atoms with van der Waals surface area (Å²) in [5.41, 5.74) is 9.80. The Morgan fingerprint density at radius 2 is 2.20 bits per heavy atom. The number of piperidine rings is 1. The van der Waals surface area contributed by atoms with Crippen LogP contribution in [-0.2, 0) is 11.2 Å². The average Bonchev–Trinajstić information content (AvgIpc) is 2.46. The summed E-state index contributed by atoms with van der Waals surface area (Å²) in [5, 5.41) is 12.4. The molecular weight excluding hydrogens is 254 g/mol. The lowest BCUT2D eigenvalue weighted by atomic mass is 9.97. The zero-order valence-electron chi connectivity index (χ0n) is 11.6. The second-order valence-electron chi connectivity index (χ2n) is 5.64. The van der Waals surface area contributed by atoms with Crippen molar-refractivity contribution in [3.05, 3.63) is 17.7 Å². The molecule has 5 nitrogen and oxygen atoms in total.